The topological polar surface area (TPSA) is 49.7 Å². The van der Waals surface area contributed by atoms with E-state index in [0.29, 0.717) is 24.8 Å². The van der Waals surface area contributed by atoms with Crippen molar-refractivity contribution in [3.63, 3.8) is 0 Å². The summed E-state index contributed by atoms with van der Waals surface area (Å²) in [6.45, 7) is 2.15. The van der Waals surface area contributed by atoms with Gasteiger partial charge in [-0.25, -0.2) is 0 Å². The molecule has 1 saturated carbocycles. The number of likely N-dealkylation sites (tertiary alicyclic amines) is 1. The SMILES string of the molecule is O=NCCc1ccc(/C(=C/C[C@H]2CCN(C(=O)C3CCCC3)C2)Cc2ccccc2)cc1. The Morgan fingerprint density at radius 2 is 1.72 bits per heavy atom. The maximum Gasteiger partial charge on any atom is 0.225 e. The molecule has 168 valence electrons. The number of rotatable bonds is 9. The van der Waals surface area contributed by atoms with E-state index in [9.17, 15) is 9.70 Å². The summed E-state index contributed by atoms with van der Waals surface area (Å²) < 4.78 is 0. The highest BCUT2D eigenvalue weighted by molar-refractivity contribution is 5.79. The minimum atomic E-state index is 0.283. The third-order valence-corrected chi connectivity index (χ3v) is 7.05. The van der Waals surface area contributed by atoms with Gasteiger partial charge in [0.15, 0.2) is 0 Å². The van der Waals surface area contributed by atoms with Gasteiger partial charge in [0.2, 0.25) is 5.91 Å². The summed E-state index contributed by atoms with van der Waals surface area (Å²) in [4.78, 5) is 25.3. The summed E-state index contributed by atoms with van der Waals surface area (Å²) in [7, 11) is 0. The monoisotopic (exact) mass is 430 g/mol. The van der Waals surface area contributed by atoms with Crippen molar-refractivity contribution in [1.29, 1.82) is 0 Å². The molecule has 4 rings (SSSR count). The van der Waals surface area contributed by atoms with Crippen LogP contribution in [0.4, 0.5) is 0 Å². The molecule has 2 fully saturated rings. The minimum Gasteiger partial charge on any atom is -0.342 e. The standard InChI is InChI=1S/C28H34N2O2/c31-28(26-8-4-5-9-26)30-19-17-24(21-30)12-15-27(20-23-6-2-1-3-7-23)25-13-10-22(11-14-25)16-18-29-32/h1-3,6-7,10-11,13-15,24,26H,4-5,8-9,12,16-21H2/b27-15+/t24-/m0/s1. The van der Waals surface area contributed by atoms with Crippen molar-refractivity contribution in [1.82, 2.24) is 4.90 Å². The van der Waals surface area contributed by atoms with E-state index in [2.05, 4.69) is 70.8 Å². The fraction of sp³-hybridized carbons (Fsp3) is 0.464. The predicted molar refractivity (Wildman–Crippen MR) is 130 cm³/mol. The Morgan fingerprint density at radius 3 is 2.44 bits per heavy atom. The molecular weight excluding hydrogens is 396 g/mol. The first-order chi connectivity index (χ1) is 15.7. The van der Waals surface area contributed by atoms with Crippen LogP contribution in [0.1, 0.15) is 55.2 Å². The lowest BCUT2D eigenvalue weighted by Gasteiger charge is -2.20. The van der Waals surface area contributed by atoms with E-state index in [1.807, 2.05) is 0 Å². The van der Waals surface area contributed by atoms with E-state index in [4.69, 9.17) is 0 Å². The van der Waals surface area contributed by atoms with Gasteiger partial charge < -0.3 is 4.90 Å². The first kappa shape index (κ1) is 22.4. The molecule has 0 spiro atoms. The van der Waals surface area contributed by atoms with Crippen LogP contribution in [0.5, 0.6) is 0 Å². The maximum absolute atomic E-state index is 12.8. The summed E-state index contributed by atoms with van der Waals surface area (Å²) in [5.74, 6) is 1.23. The Labute approximate surface area is 191 Å². The molecule has 1 aliphatic heterocycles. The predicted octanol–water partition coefficient (Wildman–Crippen LogP) is 6.05. The fourth-order valence-corrected chi connectivity index (χ4v) is 5.13. The van der Waals surface area contributed by atoms with E-state index in [1.54, 1.807) is 0 Å². The summed E-state index contributed by atoms with van der Waals surface area (Å²) in [6, 6.07) is 19.1. The number of benzene rings is 2. The number of nitroso groups, excluding NO2 is 1. The molecule has 1 amide bonds. The average Bonchev–Trinajstić information content (AvgIpc) is 3.54. The number of allylic oxidation sites excluding steroid dienone is 2. The number of amides is 1. The lowest BCUT2D eigenvalue weighted by Crippen LogP contribution is -2.33. The molecule has 32 heavy (non-hydrogen) atoms. The van der Waals surface area contributed by atoms with Gasteiger partial charge in [-0.2, -0.15) is 4.91 Å². The van der Waals surface area contributed by atoms with Crippen LogP contribution in [-0.4, -0.2) is 30.4 Å². The van der Waals surface area contributed by atoms with Gasteiger partial charge in [0.05, 0.1) is 6.54 Å². The molecule has 2 aromatic rings. The van der Waals surface area contributed by atoms with E-state index in [1.165, 1.54) is 29.5 Å². The molecule has 4 heteroatoms. The highest BCUT2D eigenvalue weighted by Gasteiger charge is 2.31. The molecule has 1 aliphatic carbocycles. The molecule has 1 saturated heterocycles. The summed E-state index contributed by atoms with van der Waals surface area (Å²) in [5, 5.41) is 2.97. The molecule has 1 atom stereocenters. The first-order valence-electron chi connectivity index (χ1n) is 12.1. The first-order valence-corrected chi connectivity index (χ1v) is 12.1. The molecule has 1 heterocycles. The average molecular weight is 431 g/mol. The number of hydrogen-bond acceptors (Lipinski definition) is 3. The zero-order valence-electron chi connectivity index (χ0n) is 18.9. The van der Waals surface area contributed by atoms with Crippen molar-refractivity contribution in [2.45, 2.75) is 51.4 Å². The number of carbonyl (C=O) groups is 1. The third kappa shape index (κ3) is 5.93. The molecule has 4 nitrogen and oxygen atoms in total. The van der Waals surface area contributed by atoms with Crippen LogP contribution in [-0.2, 0) is 17.6 Å². The summed E-state index contributed by atoms with van der Waals surface area (Å²) in [6.07, 6.45) is 10.7. The lowest BCUT2D eigenvalue weighted by molar-refractivity contribution is -0.134. The van der Waals surface area contributed by atoms with Crippen LogP contribution in [0.15, 0.2) is 65.9 Å². The van der Waals surface area contributed by atoms with Gasteiger partial charge in [-0.05, 0) is 66.7 Å². The molecule has 0 N–H and O–H groups in total. The summed E-state index contributed by atoms with van der Waals surface area (Å²) >= 11 is 0. The van der Waals surface area contributed by atoms with Crippen LogP contribution < -0.4 is 0 Å². The molecule has 0 bridgehead atoms. The van der Waals surface area contributed by atoms with E-state index < -0.39 is 0 Å². The molecule has 2 aliphatic rings. The molecule has 0 radical (unpaired) electrons. The van der Waals surface area contributed by atoms with Gasteiger partial charge >= 0.3 is 0 Å². The molecule has 2 aromatic carbocycles. The zero-order valence-corrected chi connectivity index (χ0v) is 18.9. The summed E-state index contributed by atoms with van der Waals surface area (Å²) in [5.41, 5.74) is 5.01. The van der Waals surface area contributed by atoms with Crippen molar-refractivity contribution in [2.75, 3.05) is 19.6 Å². The molecular formula is C28H34N2O2. The number of hydrogen-bond donors (Lipinski definition) is 0. The third-order valence-electron chi connectivity index (χ3n) is 7.05. The van der Waals surface area contributed by atoms with Gasteiger partial charge in [0, 0.05) is 19.0 Å². The highest BCUT2D eigenvalue weighted by Crippen LogP contribution is 2.30. The van der Waals surface area contributed by atoms with Gasteiger partial charge in [0.25, 0.3) is 0 Å². The Bertz CT molecular complexity index is 914. The van der Waals surface area contributed by atoms with Crippen molar-refractivity contribution in [3.8, 4) is 0 Å². The van der Waals surface area contributed by atoms with Crippen LogP contribution in [0.3, 0.4) is 0 Å². The van der Waals surface area contributed by atoms with Gasteiger partial charge in [-0.15, -0.1) is 0 Å². The van der Waals surface area contributed by atoms with Crippen LogP contribution in [0, 0.1) is 16.7 Å². The highest BCUT2D eigenvalue weighted by atomic mass is 16.3. The number of nitrogens with zero attached hydrogens (tertiary/aromatic N) is 2. The van der Waals surface area contributed by atoms with E-state index in [0.717, 1.165) is 50.8 Å². The smallest absolute Gasteiger partial charge is 0.225 e. The fourth-order valence-electron chi connectivity index (χ4n) is 5.13. The minimum absolute atomic E-state index is 0.283. The lowest BCUT2D eigenvalue weighted by atomic mass is 9.93. The van der Waals surface area contributed by atoms with Crippen molar-refractivity contribution < 1.29 is 4.79 Å². The van der Waals surface area contributed by atoms with E-state index in [-0.39, 0.29) is 5.92 Å². The Balaban J connectivity index is 1.43. The van der Waals surface area contributed by atoms with Crippen LogP contribution in [0.2, 0.25) is 0 Å². The second kappa shape index (κ2) is 11.2. The Morgan fingerprint density at radius 1 is 0.969 bits per heavy atom. The largest absolute Gasteiger partial charge is 0.342 e. The quantitative estimate of drug-likeness (QED) is 0.455. The van der Waals surface area contributed by atoms with Crippen molar-refractivity contribution in [2.24, 2.45) is 17.0 Å². The second-order valence-corrected chi connectivity index (χ2v) is 9.35. The van der Waals surface area contributed by atoms with Gasteiger partial charge in [-0.1, -0.05) is 78.7 Å². The second-order valence-electron chi connectivity index (χ2n) is 9.35. The van der Waals surface area contributed by atoms with Gasteiger partial charge in [0.1, 0.15) is 0 Å². The van der Waals surface area contributed by atoms with Gasteiger partial charge in [-0.3, -0.25) is 4.79 Å². The van der Waals surface area contributed by atoms with E-state index >= 15 is 0 Å². The van der Waals surface area contributed by atoms with Crippen molar-refractivity contribution >= 4 is 11.5 Å². The zero-order chi connectivity index (χ0) is 22.2. The maximum atomic E-state index is 12.8. The van der Waals surface area contributed by atoms with Crippen LogP contribution >= 0.6 is 0 Å². The Hall–Kier alpha value is -2.75. The normalized spacial score (nSPS) is 19.4. The number of carbonyl (C=O) groups excluding carboxylic acids is 1. The van der Waals surface area contributed by atoms with Crippen molar-refractivity contribution in [3.05, 3.63) is 82.3 Å². The Kier molecular flexibility index (Phi) is 7.87. The molecule has 0 unspecified atom stereocenters. The molecule has 0 aromatic heterocycles. The van der Waals surface area contributed by atoms with Crippen LogP contribution in [0.25, 0.3) is 5.57 Å².